The number of anilines is 1. The van der Waals surface area contributed by atoms with Crippen LogP contribution in [-0.4, -0.2) is 64.7 Å². The van der Waals surface area contributed by atoms with Crippen LogP contribution in [0, 0.1) is 0 Å². The fourth-order valence-corrected chi connectivity index (χ4v) is 4.84. The second-order valence-corrected chi connectivity index (χ2v) is 9.45. The molecule has 0 bridgehead atoms. The number of piperidine rings is 2. The highest BCUT2D eigenvalue weighted by Crippen LogP contribution is 2.37. The van der Waals surface area contributed by atoms with E-state index in [0.29, 0.717) is 36.8 Å². The summed E-state index contributed by atoms with van der Waals surface area (Å²) in [5.41, 5.74) is 2.54. The van der Waals surface area contributed by atoms with E-state index in [0.717, 1.165) is 36.1 Å². The van der Waals surface area contributed by atoms with Gasteiger partial charge in [-0.25, -0.2) is 9.97 Å². The average Bonchev–Trinajstić information content (AvgIpc) is 2.83. The minimum atomic E-state index is -0.218. The summed E-state index contributed by atoms with van der Waals surface area (Å²) in [4.78, 5) is 52.0. The Morgan fingerprint density at radius 3 is 2.62 bits per heavy atom. The molecule has 180 valence electrons. The van der Waals surface area contributed by atoms with Gasteiger partial charge in [-0.15, -0.1) is 0 Å². The molecule has 2 fully saturated rings. The zero-order valence-electron chi connectivity index (χ0n) is 19.7. The molecule has 4 rings (SSSR count). The van der Waals surface area contributed by atoms with Gasteiger partial charge in [-0.1, -0.05) is 23.7 Å². The molecule has 9 heteroatoms. The third kappa shape index (κ3) is 5.22. The van der Waals surface area contributed by atoms with E-state index in [1.807, 2.05) is 48.2 Å². The smallest absolute Gasteiger partial charge is 0.229 e. The second-order valence-electron chi connectivity index (χ2n) is 9.02. The molecular weight excluding hydrogens is 454 g/mol. The van der Waals surface area contributed by atoms with Crippen molar-refractivity contribution < 1.29 is 14.4 Å². The van der Waals surface area contributed by atoms with Crippen LogP contribution in [0.25, 0.3) is 11.1 Å². The summed E-state index contributed by atoms with van der Waals surface area (Å²) in [6.07, 6.45) is 5.90. The first kappa shape index (κ1) is 24.1. The average molecular weight is 484 g/mol. The summed E-state index contributed by atoms with van der Waals surface area (Å²) in [7, 11) is 3.77. The van der Waals surface area contributed by atoms with E-state index in [1.165, 1.54) is 4.90 Å². The predicted molar refractivity (Wildman–Crippen MR) is 130 cm³/mol. The summed E-state index contributed by atoms with van der Waals surface area (Å²) in [6.45, 7) is 0.745. The topological polar surface area (TPSA) is 86.7 Å². The van der Waals surface area contributed by atoms with Gasteiger partial charge in [0.25, 0.3) is 0 Å². The second kappa shape index (κ2) is 10.5. The molecule has 0 spiro atoms. The van der Waals surface area contributed by atoms with Crippen LogP contribution in [-0.2, 0) is 14.4 Å². The quantitative estimate of drug-likeness (QED) is 0.580. The molecule has 0 unspecified atom stereocenters. The highest BCUT2D eigenvalue weighted by atomic mass is 35.5. The SMILES string of the molecule is CN(C)c1ncc(-c2cccc(Cl)c2)c([C@H]2CCCCN2C(=O)CCN2C(=O)CCCC2=O)n1. The molecule has 2 saturated heterocycles. The summed E-state index contributed by atoms with van der Waals surface area (Å²) in [5.74, 6) is 0.129. The van der Waals surface area contributed by atoms with Crippen molar-refractivity contribution in [2.45, 2.75) is 51.0 Å². The van der Waals surface area contributed by atoms with Crippen LogP contribution < -0.4 is 4.90 Å². The molecule has 2 aromatic rings. The van der Waals surface area contributed by atoms with Crippen LogP contribution in [0.4, 0.5) is 5.95 Å². The molecule has 0 aliphatic carbocycles. The lowest BCUT2D eigenvalue weighted by Gasteiger charge is -2.37. The van der Waals surface area contributed by atoms with Crippen LogP contribution in [0.3, 0.4) is 0 Å². The highest BCUT2D eigenvalue weighted by Gasteiger charge is 2.33. The minimum Gasteiger partial charge on any atom is -0.347 e. The Hall–Kier alpha value is -3.00. The van der Waals surface area contributed by atoms with Crippen LogP contribution in [0.5, 0.6) is 0 Å². The number of benzene rings is 1. The number of carbonyl (C=O) groups is 3. The minimum absolute atomic E-state index is 0.0714. The first-order valence-corrected chi connectivity index (χ1v) is 12.2. The lowest BCUT2D eigenvalue weighted by atomic mass is 9.93. The maximum atomic E-state index is 13.4. The molecule has 1 aromatic heterocycles. The molecule has 0 N–H and O–H groups in total. The Morgan fingerprint density at radius 2 is 1.91 bits per heavy atom. The van der Waals surface area contributed by atoms with E-state index >= 15 is 0 Å². The molecule has 0 saturated carbocycles. The summed E-state index contributed by atoms with van der Waals surface area (Å²) in [6, 6.07) is 7.33. The zero-order valence-corrected chi connectivity index (χ0v) is 20.4. The van der Waals surface area contributed by atoms with Gasteiger partial charge in [-0.3, -0.25) is 19.3 Å². The van der Waals surface area contributed by atoms with E-state index in [-0.39, 0.29) is 36.7 Å². The number of imide groups is 1. The van der Waals surface area contributed by atoms with Crippen LogP contribution in [0.15, 0.2) is 30.5 Å². The van der Waals surface area contributed by atoms with Gasteiger partial charge < -0.3 is 9.80 Å². The van der Waals surface area contributed by atoms with E-state index in [4.69, 9.17) is 16.6 Å². The van der Waals surface area contributed by atoms with E-state index in [9.17, 15) is 14.4 Å². The number of aromatic nitrogens is 2. The van der Waals surface area contributed by atoms with Gasteiger partial charge in [-0.05, 0) is 43.4 Å². The molecule has 34 heavy (non-hydrogen) atoms. The first-order chi connectivity index (χ1) is 16.3. The predicted octanol–water partition coefficient (Wildman–Crippen LogP) is 3.85. The molecule has 0 radical (unpaired) electrons. The monoisotopic (exact) mass is 483 g/mol. The number of rotatable bonds is 6. The van der Waals surface area contributed by atoms with Gasteiger partial charge in [0, 0.05) is 63.2 Å². The van der Waals surface area contributed by atoms with Crippen LogP contribution in [0.1, 0.15) is 56.7 Å². The van der Waals surface area contributed by atoms with Crippen molar-refractivity contribution >= 4 is 35.3 Å². The summed E-state index contributed by atoms with van der Waals surface area (Å²) in [5, 5.41) is 0.618. The number of amides is 3. The standard InChI is InChI=1S/C25H30ClN5O3/c1-29(2)25-27-16-19(17-7-5-8-18(26)15-17)24(28-25)20-9-3-4-13-30(20)23(34)12-14-31-21(32)10-6-11-22(31)33/h5,7-8,15-16,20H,3-4,6,9-14H2,1-2H3/t20-/m1/s1. The maximum absolute atomic E-state index is 13.4. The van der Waals surface area contributed by atoms with Gasteiger partial charge in [0.15, 0.2) is 0 Å². The van der Waals surface area contributed by atoms with Gasteiger partial charge in [-0.2, -0.15) is 0 Å². The van der Waals surface area contributed by atoms with Gasteiger partial charge >= 0.3 is 0 Å². The van der Waals surface area contributed by atoms with Crippen LogP contribution >= 0.6 is 11.6 Å². The molecule has 2 aliphatic heterocycles. The lowest BCUT2D eigenvalue weighted by molar-refractivity contribution is -0.148. The molecule has 3 heterocycles. The van der Waals surface area contributed by atoms with Crippen LogP contribution in [0.2, 0.25) is 5.02 Å². The Morgan fingerprint density at radius 1 is 1.15 bits per heavy atom. The zero-order chi connectivity index (χ0) is 24.2. The number of hydrogen-bond acceptors (Lipinski definition) is 6. The van der Waals surface area contributed by atoms with Crippen molar-refractivity contribution in [1.29, 1.82) is 0 Å². The van der Waals surface area contributed by atoms with Gasteiger partial charge in [0.1, 0.15) is 0 Å². The van der Waals surface area contributed by atoms with E-state index in [2.05, 4.69) is 4.98 Å². The molecule has 2 aliphatic rings. The van der Waals surface area contributed by atoms with Gasteiger partial charge in [0.05, 0.1) is 11.7 Å². The lowest BCUT2D eigenvalue weighted by Crippen LogP contribution is -2.44. The van der Waals surface area contributed by atoms with Crippen molar-refractivity contribution in [1.82, 2.24) is 19.8 Å². The third-order valence-corrected chi connectivity index (χ3v) is 6.65. The third-order valence-electron chi connectivity index (χ3n) is 6.41. The van der Waals surface area contributed by atoms with Crippen molar-refractivity contribution in [2.75, 3.05) is 32.1 Å². The van der Waals surface area contributed by atoms with Crippen molar-refractivity contribution in [3.8, 4) is 11.1 Å². The first-order valence-electron chi connectivity index (χ1n) is 11.8. The van der Waals surface area contributed by atoms with Gasteiger partial charge in [0.2, 0.25) is 23.7 Å². The van der Waals surface area contributed by atoms with Crippen molar-refractivity contribution in [3.05, 3.63) is 41.2 Å². The van der Waals surface area contributed by atoms with Crippen molar-refractivity contribution in [3.63, 3.8) is 0 Å². The number of halogens is 1. The fraction of sp³-hybridized carbons (Fsp3) is 0.480. The largest absolute Gasteiger partial charge is 0.347 e. The van der Waals surface area contributed by atoms with E-state index < -0.39 is 0 Å². The summed E-state index contributed by atoms with van der Waals surface area (Å²) < 4.78 is 0. The Labute approximate surface area is 204 Å². The number of likely N-dealkylation sites (tertiary alicyclic amines) is 2. The van der Waals surface area contributed by atoms with E-state index in [1.54, 1.807) is 6.20 Å². The van der Waals surface area contributed by atoms with Crippen molar-refractivity contribution in [2.24, 2.45) is 0 Å². The fourth-order valence-electron chi connectivity index (χ4n) is 4.65. The normalized spacial score (nSPS) is 18.9. The molecular formula is C25H30ClN5O3. The molecule has 1 aromatic carbocycles. The number of carbonyl (C=O) groups excluding carboxylic acids is 3. The molecule has 1 atom stereocenters. The Bertz CT molecular complexity index is 1070. The highest BCUT2D eigenvalue weighted by molar-refractivity contribution is 6.30. The molecule has 3 amide bonds. The number of hydrogen-bond donors (Lipinski definition) is 0. The Balaban J connectivity index is 1.63. The maximum Gasteiger partial charge on any atom is 0.229 e. The summed E-state index contributed by atoms with van der Waals surface area (Å²) >= 11 is 6.26. The molecule has 8 nitrogen and oxygen atoms in total. The Kier molecular flexibility index (Phi) is 7.46. The number of nitrogens with zero attached hydrogens (tertiary/aromatic N) is 5.